The van der Waals surface area contributed by atoms with E-state index in [0.29, 0.717) is 42.3 Å². The van der Waals surface area contributed by atoms with Crippen LogP contribution in [0.15, 0.2) is 68.9 Å². The van der Waals surface area contributed by atoms with Crippen molar-refractivity contribution in [1.29, 1.82) is 0 Å². The molecule has 140 valence electrons. The van der Waals surface area contributed by atoms with Gasteiger partial charge in [0, 0.05) is 21.7 Å². The summed E-state index contributed by atoms with van der Waals surface area (Å²) in [5.41, 5.74) is 1.43. The van der Waals surface area contributed by atoms with Crippen molar-refractivity contribution in [3.63, 3.8) is 0 Å². The largest absolute Gasteiger partial charge is 0.457 e. The fourth-order valence-electron chi connectivity index (χ4n) is 2.51. The Kier molecular flexibility index (Phi) is 5.51. The normalized spacial score (nSPS) is 16.8. The molecule has 4 nitrogen and oxygen atoms in total. The summed E-state index contributed by atoms with van der Waals surface area (Å²) in [4.78, 5) is 17.1. The Morgan fingerprint density at radius 2 is 1.71 bits per heavy atom. The molecule has 0 spiro atoms. The lowest BCUT2D eigenvalue weighted by Crippen LogP contribution is -2.19. The maximum Gasteiger partial charge on any atom is 0.264 e. The number of nitrogens with zero attached hydrogens (tertiary/aromatic N) is 1. The zero-order chi connectivity index (χ0) is 19.7. The maximum absolute atomic E-state index is 12.2. The van der Waals surface area contributed by atoms with Crippen LogP contribution in [0.4, 0.5) is 5.69 Å². The number of benzene rings is 2. The molecule has 0 aliphatic carbocycles. The van der Waals surface area contributed by atoms with E-state index in [1.807, 2.05) is 0 Å². The lowest BCUT2D eigenvalue weighted by atomic mass is 10.2. The number of amides is 1. The number of carbonyl (C=O) groups excluding carboxylic acids is 1. The van der Waals surface area contributed by atoms with Crippen LogP contribution >= 0.6 is 46.6 Å². The molecule has 0 saturated carbocycles. The molecule has 0 radical (unpaired) electrons. The second kappa shape index (κ2) is 8.05. The lowest BCUT2D eigenvalue weighted by molar-refractivity contribution is -0.115. The second-order valence-corrected chi connectivity index (χ2v) is 8.10. The maximum atomic E-state index is 12.2. The average Bonchev–Trinajstić information content (AvgIpc) is 3.24. The molecule has 1 saturated heterocycles. The number of hydrogen-bond donors (Lipinski definition) is 1. The summed E-state index contributed by atoms with van der Waals surface area (Å²) >= 11 is 19.3. The molecule has 2 heterocycles. The van der Waals surface area contributed by atoms with Crippen molar-refractivity contribution in [2.75, 3.05) is 0 Å². The van der Waals surface area contributed by atoms with Crippen molar-refractivity contribution in [3.05, 3.63) is 80.3 Å². The van der Waals surface area contributed by atoms with E-state index in [4.69, 9.17) is 39.2 Å². The average molecular weight is 450 g/mol. The Morgan fingerprint density at radius 1 is 0.964 bits per heavy atom. The summed E-state index contributed by atoms with van der Waals surface area (Å²) in [6.45, 7) is 0. The van der Waals surface area contributed by atoms with Gasteiger partial charge in [-0.3, -0.25) is 4.79 Å². The molecule has 28 heavy (non-hydrogen) atoms. The third kappa shape index (κ3) is 4.28. The number of aliphatic imine (C=N–C) groups is 1. The molecule has 1 aliphatic heterocycles. The molecule has 3 aromatic rings. The highest BCUT2D eigenvalue weighted by atomic mass is 35.5. The van der Waals surface area contributed by atoms with Gasteiger partial charge in [0.1, 0.15) is 11.5 Å². The van der Waals surface area contributed by atoms with Crippen LogP contribution < -0.4 is 5.32 Å². The Balaban J connectivity index is 1.55. The van der Waals surface area contributed by atoms with E-state index < -0.39 is 0 Å². The Hall–Kier alpha value is -2.18. The van der Waals surface area contributed by atoms with E-state index in [0.717, 1.165) is 5.56 Å². The quantitative estimate of drug-likeness (QED) is 0.447. The van der Waals surface area contributed by atoms with Crippen molar-refractivity contribution in [2.24, 2.45) is 4.99 Å². The molecule has 1 N–H and O–H groups in total. The monoisotopic (exact) mass is 448 g/mol. The van der Waals surface area contributed by atoms with Crippen molar-refractivity contribution in [3.8, 4) is 11.3 Å². The molecule has 0 unspecified atom stereocenters. The predicted molar refractivity (Wildman–Crippen MR) is 116 cm³/mol. The molecule has 0 bridgehead atoms. The first-order valence-electron chi connectivity index (χ1n) is 8.08. The lowest BCUT2D eigenvalue weighted by Gasteiger charge is -2.00. The Morgan fingerprint density at radius 3 is 2.46 bits per heavy atom. The van der Waals surface area contributed by atoms with Crippen LogP contribution in [-0.4, -0.2) is 11.1 Å². The smallest absolute Gasteiger partial charge is 0.264 e. The van der Waals surface area contributed by atoms with Gasteiger partial charge in [-0.25, -0.2) is 4.99 Å². The van der Waals surface area contributed by atoms with Crippen LogP contribution in [0.2, 0.25) is 15.1 Å². The number of carbonyl (C=O) groups is 1. The minimum atomic E-state index is -0.236. The minimum absolute atomic E-state index is 0.236. The number of nitrogens with one attached hydrogen (secondary N) is 1. The van der Waals surface area contributed by atoms with E-state index in [-0.39, 0.29) is 5.91 Å². The molecule has 0 atom stereocenters. The van der Waals surface area contributed by atoms with Crippen LogP contribution in [0.1, 0.15) is 5.76 Å². The molecular formula is C20H11Cl3N2O2S. The predicted octanol–water partition coefficient (Wildman–Crippen LogP) is 6.80. The molecule has 8 heteroatoms. The van der Waals surface area contributed by atoms with Crippen LogP contribution in [-0.2, 0) is 4.79 Å². The SMILES string of the molecule is O=C1NC(=Nc2ccc(Cl)cc2)SC1=Cc1ccc(-c2ccc(Cl)cc2Cl)o1. The third-order valence-corrected chi connectivity index (χ3v) is 5.51. The summed E-state index contributed by atoms with van der Waals surface area (Å²) in [6.07, 6.45) is 1.66. The zero-order valence-electron chi connectivity index (χ0n) is 14.1. The van der Waals surface area contributed by atoms with Gasteiger partial charge in [-0.15, -0.1) is 0 Å². The number of thioether (sulfide) groups is 1. The summed E-state index contributed by atoms with van der Waals surface area (Å²) in [5.74, 6) is 0.888. The Labute approximate surface area is 180 Å². The van der Waals surface area contributed by atoms with Crippen molar-refractivity contribution in [2.45, 2.75) is 0 Å². The van der Waals surface area contributed by atoms with E-state index >= 15 is 0 Å². The molecule has 1 fully saturated rings. The van der Waals surface area contributed by atoms with Gasteiger partial charge in [0.2, 0.25) is 0 Å². The highest BCUT2D eigenvalue weighted by molar-refractivity contribution is 8.18. The standard InChI is InChI=1S/C20H11Cl3N2O2S/c21-11-1-4-13(5-2-11)24-20-25-19(26)18(28-20)10-14-6-8-17(27-14)15-7-3-12(22)9-16(15)23/h1-10H,(H,24,25,26). The fourth-order valence-corrected chi connectivity index (χ4v) is 3.96. The number of rotatable bonds is 3. The number of hydrogen-bond acceptors (Lipinski definition) is 4. The number of furan rings is 1. The molecular weight excluding hydrogens is 439 g/mol. The molecule has 1 aliphatic rings. The first-order valence-corrected chi connectivity index (χ1v) is 10.0. The minimum Gasteiger partial charge on any atom is -0.457 e. The summed E-state index contributed by atoms with van der Waals surface area (Å²) < 4.78 is 5.82. The highest BCUT2D eigenvalue weighted by Gasteiger charge is 2.24. The van der Waals surface area contributed by atoms with Crippen LogP contribution in [0.5, 0.6) is 0 Å². The third-order valence-electron chi connectivity index (χ3n) is 3.80. The van der Waals surface area contributed by atoms with E-state index in [1.165, 1.54) is 11.8 Å². The van der Waals surface area contributed by atoms with E-state index in [1.54, 1.807) is 60.7 Å². The van der Waals surface area contributed by atoms with Gasteiger partial charge in [0.15, 0.2) is 5.17 Å². The van der Waals surface area contributed by atoms with Crippen LogP contribution in [0.25, 0.3) is 17.4 Å². The van der Waals surface area contributed by atoms with Gasteiger partial charge in [-0.2, -0.15) is 0 Å². The zero-order valence-corrected chi connectivity index (χ0v) is 17.2. The van der Waals surface area contributed by atoms with Gasteiger partial charge in [0.05, 0.1) is 15.6 Å². The van der Waals surface area contributed by atoms with E-state index in [2.05, 4.69) is 10.3 Å². The second-order valence-electron chi connectivity index (χ2n) is 5.78. The topological polar surface area (TPSA) is 54.6 Å². The molecule has 1 aromatic heterocycles. The fraction of sp³-hybridized carbons (Fsp3) is 0. The summed E-state index contributed by atoms with van der Waals surface area (Å²) in [5, 5.41) is 4.90. The van der Waals surface area contributed by atoms with Gasteiger partial charge in [-0.05, 0) is 66.4 Å². The molecule has 1 amide bonds. The highest BCUT2D eigenvalue weighted by Crippen LogP contribution is 2.33. The van der Waals surface area contributed by atoms with Gasteiger partial charge in [0.25, 0.3) is 5.91 Å². The van der Waals surface area contributed by atoms with Gasteiger partial charge in [-0.1, -0.05) is 34.8 Å². The molecule has 2 aromatic carbocycles. The summed E-state index contributed by atoms with van der Waals surface area (Å²) in [7, 11) is 0. The van der Waals surface area contributed by atoms with Crippen molar-refractivity contribution < 1.29 is 9.21 Å². The van der Waals surface area contributed by atoms with Gasteiger partial charge >= 0.3 is 0 Å². The van der Waals surface area contributed by atoms with Crippen LogP contribution in [0.3, 0.4) is 0 Å². The van der Waals surface area contributed by atoms with Gasteiger partial charge < -0.3 is 9.73 Å². The number of amidine groups is 1. The Bertz CT molecular complexity index is 1120. The number of halogens is 3. The first-order chi connectivity index (χ1) is 13.5. The summed E-state index contributed by atoms with van der Waals surface area (Å²) in [6, 6.07) is 15.8. The van der Waals surface area contributed by atoms with Crippen molar-refractivity contribution >= 4 is 69.4 Å². The van der Waals surface area contributed by atoms with Crippen molar-refractivity contribution in [1.82, 2.24) is 5.32 Å². The van der Waals surface area contributed by atoms with Crippen LogP contribution in [0, 0.1) is 0 Å². The molecule has 4 rings (SSSR count). The van der Waals surface area contributed by atoms with E-state index in [9.17, 15) is 4.79 Å². The first kappa shape index (κ1) is 19.2.